The molecule has 1 heterocycles. The number of benzene rings is 1. The van der Waals surface area contributed by atoms with E-state index in [4.69, 9.17) is 9.26 Å². The van der Waals surface area contributed by atoms with Gasteiger partial charge in [0.05, 0.1) is 13.0 Å². The highest BCUT2D eigenvalue weighted by Crippen LogP contribution is 2.26. The average Bonchev–Trinajstić information content (AvgIpc) is 2.96. The molecule has 0 bridgehead atoms. The number of aryl methyl sites for hydroxylation is 1. The Bertz CT molecular complexity index is 595. The minimum atomic E-state index is 0.172. The van der Waals surface area contributed by atoms with E-state index in [2.05, 4.69) is 36.2 Å². The third-order valence-electron chi connectivity index (χ3n) is 3.76. The largest absolute Gasteiger partial charge is 0.496 e. The number of nitrogens with zero attached hydrogens (tertiary/aromatic N) is 2. The lowest BCUT2D eigenvalue weighted by molar-refractivity contribution is 0.332. The minimum absolute atomic E-state index is 0.172. The Morgan fingerprint density at radius 3 is 2.71 bits per heavy atom. The number of methoxy groups -OCH3 is 1. The van der Waals surface area contributed by atoms with Crippen LogP contribution in [-0.2, 0) is 0 Å². The van der Waals surface area contributed by atoms with Gasteiger partial charge in [-0.3, -0.25) is 0 Å². The third kappa shape index (κ3) is 3.42. The zero-order valence-electron chi connectivity index (χ0n) is 13.3. The van der Waals surface area contributed by atoms with Gasteiger partial charge in [0.1, 0.15) is 5.75 Å². The van der Waals surface area contributed by atoms with Gasteiger partial charge < -0.3 is 14.6 Å². The lowest BCUT2D eigenvalue weighted by Crippen LogP contribution is -2.30. The van der Waals surface area contributed by atoms with Gasteiger partial charge in [0.25, 0.3) is 0 Å². The second-order valence-corrected chi connectivity index (χ2v) is 5.28. The van der Waals surface area contributed by atoms with Crippen molar-refractivity contribution < 1.29 is 9.26 Å². The summed E-state index contributed by atoms with van der Waals surface area (Å²) in [6.07, 6.45) is 0. The molecule has 114 valence electrons. The van der Waals surface area contributed by atoms with E-state index in [1.165, 1.54) is 0 Å². The Morgan fingerprint density at radius 2 is 2.10 bits per heavy atom. The summed E-state index contributed by atoms with van der Waals surface area (Å²) in [6.45, 7) is 9.21. The monoisotopic (exact) mass is 289 g/mol. The molecule has 0 spiro atoms. The van der Waals surface area contributed by atoms with E-state index in [0.717, 1.165) is 23.4 Å². The summed E-state index contributed by atoms with van der Waals surface area (Å²) in [5.41, 5.74) is 1.99. The van der Waals surface area contributed by atoms with E-state index in [0.29, 0.717) is 17.8 Å². The molecular weight excluding hydrogens is 266 g/mol. The van der Waals surface area contributed by atoms with Crippen LogP contribution in [0, 0.1) is 6.92 Å². The van der Waals surface area contributed by atoms with Crippen LogP contribution in [0.5, 0.6) is 5.75 Å². The van der Waals surface area contributed by atoms with E-state index >= 15 is 0 Å². The Hall–Kier alpha value is -1.88. The molecule has 0 amide bonds. The summed E-state index contributed by atoms with van der Waals surface area (Å²) in [6, 6.07) is 6.16. The SMILES string of the molecule is CCNC(C)C(C)c1nc(-c2ccc(OC)c(C)c2)no1. The van der Waals surface area contributed by atoms with Crippen LogP contribution >= 0.6 is 0 Å². The highest BCUT2D eigenvalue weighted by molar-refractivity contribution is 5.58. The smallest absolute Gasteiger partial charge is 0.231 e. The van der Waals surface area contributed by atoms with E-state index in [1.54, 1.807) is 7.11 Å². The van der Waals surface area contributed by atoms with Gasteiger partial charge in [0.2, 0.25) is 11.7 Å². The maximum Gasteiger partial charge on any atom is 0.231 e. The summed E-state index contributed by atoms with van der Waals surface area (Å²) in [7, 11) is 1.66. The van der Waals surface area contributed by atoms with Gasteiger partial charge >= 0.3 is 0 Å². The molecule has 21 heavy (non-hydrogen) atoms. The fourth-order valence-electron chi connectivity index (χ4n) is 2.27. The van der Waals surface area contributed by atoms with Gasteiger partial charge in [0.15, 0.2) is 0 Å². The number of hydrogen-bond acceptors (Lipinski definition) is 5. The van der Waals surface area contributed by atoms with Crippen LogP contribution in [0.25, 0.3) is 11.4 Å². The zero-order chi connectivity index (χ0) is 15.4. The van der Waals surface area contributed by atoms with Crippen molar-refractivity contribution in [3.63, 3.8) is 0 Å². The fraction of sp³-hybridized carbons (Fsp3) is 0.500. The highest BCUT2D eigenvalue weighted by Gasteiger charge is 2.20. The summed E-state index contributed by atoms with van der Waals surface area (Å²) < 4.78 is 10.7. The first-order valence-electron chi connectivity index (χ1n) is 7.28. The third-order valence-corrected chi connectivity index (χ3v) is 3.76. The Morgan fingerprint density at radius 1 is 1.33 bits per heavy atom. The van der Waals surface area contributed by atoms with Gasteiger partial charge in [-0.05, 0) is 44.2 Å². The molecule has 5 nitrogen and oxygen atoms in total. The van der Waals surface area contributed by atoms with E-state index < -0.39 is 0 Å². The van der Waals surface area contributed by atoms with Crippen LogP contribution in [0.15, 0.2) is 22.7 Å². The van der Waals surface area contributed by atoms with Crippen LogP contribution in [0.2, 0.25) is 0 Å². The van der Waals surface area contributed by atoms with Crippen molar-refractivity contribution in [2.24, 2.45) is 0 Å². The van der Waals surface area contributed by atoms with Gasteiger partial charge in [-0.15, -0.1) is 0 Å². The maximum atomic E-state index is 5.41. The van der Waals surface area contributed by atoms with Gasteiger partial charge in [-0.1, -0.05) is 19.0 Å². The molecule has 0 saturated heterocycles. The Kier molecular flexibility index (Phi) is 4.96. The van der Waals surface area contributed by atoms with Crippen molar-refractivity contribution in [1.82, 2.24) is 15.5 Å². The molecular formula is C16H23N3O2. The number of likely N-dealkylation sites (N-methyl/N-ethyl adjacent to an activating group) is 1. The maximum absolute atomic E-state index is 5.41. The van der Waals surface area contributed by atoms with Gasteiger partial charge in [-0.25, -0.2) is 0 Å². The molecule has 2 unspecified atom stereocenters. The zero-order valence-corrected chi connectivity index (χ0v) is 13.3. The molecule has 0 radical (unpaired) electrons. The van der Waals surface area contributed by atoms with Crippen LogP contribution < -0.4 is 10.1 Å². The van der Waals surface area contributed by atoms with Crippen molar-refractivity contribution in [3.05, 3.63) is 29.7 Å². The number of nitrogens with one attached hydrogen (secondary N) is 1. The van der Waals surface area contributed by atoms with Crippen molar-refractivity contribution in [2.75, 3.05) is 13.7 Å². The fourth-order valence-corrected chi connectivity index (χ4v) is 2.27. The molecule has 2 rings (SSSR count). The lowest BCUT2D eigenvalue weighted by Gasteiger charge is -2.16. The summed E-state index contributed by atoms with van der Waals surface area (Å²) in [5, 5.41) is 7.46. The van der Waals surface area contributed by atoms with Crippen LogP contribution in [-0.4, -0.2) is 29.8 Å². The van der Waals surface area contributed by atoms with E-state index in [9.17, 15) is 0 Å². The van der Waals surface area contributed by atoms with Crippen molar-refractivity contribution in [2.45, 2.75) is 39.7 Å². The number of ether oxygens (including phenoxy) is 1. The molecule has 2 aromatic rings. The molecule has 0 aliphatic carbocycles. The standard InChI is InChI=1S/C16H23N3O2/c1-6-17-12(4)11(3)16-18-15(19-21-16)13-7-8-14(20-5)10(2)9-13/h7-9,11-12,17H,6H2,1-5H3. The van der Waals surface area contributed by atoms with Gasteiger partial charge in [-0.2, -0.15) is 4.98 Å². The van der Waals surface area contributed by atoms with Crippen molar-refractivity contribution >= 4 is 0 Å². The Labute approximate surface area is 125 Å². The van der Waals surface area contributed by atoms with Crippen LogP contribution in [0.4, 0.5) is 0 Å². The predicted octanol–water partition coefficient (Wildman–Crippen LogP) is 3.16. The molecule has 0 fully saturated rings. The molecule has 1 aromatic carbocycles. The first-order chi connectivity index (χ1) is 10.1. The minimum Gasteiger partial charge on any atom is -0.496 e. The summed E-state index contributed by atoms with van der Waals surface area (Å²) >= 11 is 0. The topological polar surface area (TPSA) is 60.2 Å². The first-order valence-corrected chi connectivity index (χ1v) is 7.28. The molecule has 5 heteroatoms. The molecule has 0 saturated carbocycles. The number of hydrogen-bond donors (Lipinski definition) is 1. The quantitative estimate of drug-likeness (QED) is 0.885. The molecule has 2 atom stereocenters. The average molecular weight is 289 g/mol. The number of aromatic nitrogens is 2. The Balaban J connectivity index is 2.21. The first kappa shape index (κ1) is 15.5. The summed E-state index contributed by atoms with van der Waals surface area (Å²) in [5.74, 6) is 2.31. The predicted molar refractivity (Wildman–Crippen MR) is 82.6 cm³/mol. The normalized spacial score (nSPS) is 14.0. The van der Waals surface area contributed by atoms with Crippen molar-refractivity contribution in [3.8, 4) is 17.1 Å². The van der Waals surface area contributed by atoms with Crippen LogP contribution in [0.3, 0.4) is 0 Å². The lowest BCUT2D eigenvalue weighted by atomic mass is 10.0. The molecule has 0 aliphatic rings. The van der Waals surface area contributed by atoms with Crippen LogP contribution in [0.1, 0.15) is 38.1 Å². The van der Waals surface area contributed by atoms with Gasteiger partial charge in [0, 0.05) is 11.6 Å². The molecule has 0 aliphatic heterocycles. The number of rotatable bonds is 6. The van der Waals surface area contributed by atoms with Crippen molar-refractivity contribution in [1.29, 1.82) is 0 Å². The van der Waals surface area contributed by atoms with E-state index in [1.807, 2.05) is 25.1 Å². The van der Waals surface area contributed by atoms with E-state index in [-0.39, 0.29) is 5.92 Å². The highest BCUT2D eigenvalue weighted by atomic mass is 16.5. The second kappa shape index (κ2) is 6.72. The molecule has 1 N–H and O–H groups in total. The summed E-state index contributed by atoms with van der Waals surface area (Å²) in [4.78, 5) is 4.52. The molecule has 1 aromatic heterocycles. The second-order valence-electron chi connectivity index (χ2n) is 5.28.